The van der Waals surface area contributed by atoms with Crippen molar-refractivity contribution in [3.8, 4) is 0 Å². The van der Waals surface area contributed by atoms with Crippen molar-refractivity contribution >= 4 is 26.7 Å². The summed E-state index contributed by atoms with van der Waals surface area (Å²) in [5, 5.41) is -0.772. The van der Waals surface area contributed by atoms with Crippen LogP contribution in [0.15, 0.2) is 12.1 Å². The summed E-state index contributed by atoms with van der Waals surface area (Å²) in [5.74, 6) is 0.800. The van der Waals surface area contributed by atoms with Crippen LogP contribution >= 0.6 is 0 Å². The molecule has 0 bridgehead atoms. The van der Waals surface area contributed by atoms with Gasteiger partial charge in [0.15, 0.2) is 15.7 Å². The molecule has 1 aromatic heterocycles. The van der Waals surface area contributed by atoms with Gasteiger partial charge in [0, 0.05) is 13.1 Å². The maximum absolute atomic E-state index is 12.2. The molecular formula is C17H23N3O2S. The van der Waals surface area contributed by atoms with Crippen molar-refractivity contribution in [2.45, 2.75) is 45.1 Å². The first-order valence-corrected chi connectivity index (χ1v) is 9.54. The van der Waals surface area contributed by atoms with Gasteiger partial charge in [-0.25, -0.2) is 18.4 Å². The zero-order chi connectivity index (χ0) is 16.9. The van der Waals surface area contributed by atoms with Crippen molar-refractivity contribution < 1.29 is 8.42 Å². The molecule has 1 aliphatic heterocycles. The summed E-state index contributed by atoms with van der Waals surface area (Å²) in [7, 11) is -3.04. The Balaban J connectivity index is 2.06. The molecule has 2 heterocycles. The summed E-state index contributed by atoms with van der Waals surface area (Å²) in [5.41, 5.74) is 4.98. The Kier molecular flexibility index (Phi) is 3.83. The Hall–Kier alpha value is -1.69. The average Bonchev–Trinajstić information content (AvgIpc) is 2.46. The van der Waals surface area contributed by atoms with Gasteiger partial charge in [0.25, 0.3) is 0 Å². The predicted molar refractivity (Wildman–Crippen MR) is 93.8 cm³/mol. The highest BCUT2D eigenvalue weighted by atomic mass is 32.2. The first kappa shape index (κ1) is 16.2. The van der Waals surface area contributed by atoms with Gasteiger partial charge in [-0.2, -0.15) is 0 Å². The third-order valence-corrected chi connectivity index (χ3v) is 7.35. The molecule has 2 aromatic rings. The lowest BCUT2D eigenvalue weighted by atomic mass is 10.1. The number of sulfone groups is 1. The first-order chi connectivity index (χ1) is 10.7. The van der Waals surface area contributed by atoms with Crippen LogP contribution in [0, 0.1) is 20.8 Å². The summed E-state index contributed by atoms with van der Waals surface area (Å²) in [6.07, 6.45) is 0. The Morgan fingerprint density at radius 3 is 1.96 bits per heavy atom. The van der Waals surface area contributed by atoms with E-state index in [1.54, 1.807) is 13.8 Å². The molecule has 1 fully saturated rings. The lowest BCUT2D eigenvalue weighted by Crippen LogP contribution is -2.50. The quantitative estimate of drug-likeness (QED) is 0.802. The van der Waals surface area contributed by atoms with Gasteiger partial charge in [-0.1, -0.05) is 0 Å². The normalized spacial score (nSPS) is 24.1. The number of benzene rings is 1. The highest BCUT2D eigenvalue weighted by Gasteiger charge is 2.36. The Labute approximate surface area is 137 Å². The number of nitrogens with zero attached hydrogens (tertiary/aromatic N) is 3. The molecule has 1 aliphatic rings. The van der Waals surface area contributed by atoms with E-state index in [-0.39, 0.29) is 10.5 Å². The molecule has 0 aliphatic carbocycles. The van der Waals surface area contributed by atoms with Crippen LogP contribution in [0.25, 0.3) is 11.0 Å². The fourth-order valence-electron chi connectivity index (χ4n) is 3.16. The highest BCUT2D eigenvalue weighted by molar-refractivity contribution is 7.92. The molecule has 0 radical (unpaired) electrons. The van der Waals surface area contributed by atoms with Crippen molar-refractivity contribution in [1.29, 1.82) is 0 Å². The molecule has 0 amide bonds. The second-order valence-electron chi connectivity index (χ2n) is 6.67. The summed E-state index contributed by atoms with van der Waals surface area (Å²) in [6.45, 7) is 10.6. The van der Waals surface area contributed by atoms with E-state index in [9.17, 15) is 8.42 Å². The van der Waals surface area contributed by atoms with Gasteiger partial charge in [0.05, 0.1) is 27.2 Å². The molecular weight excluding hydrogens is 310 g/mol. The number of hydrogen-bond acceptors (Lipinski definition) is 5. The highest BCUT2D eigenvalue weighted by Crippen LogP contribution is 2.27. The Morgan fingerprint density at radius 1 is 0.957 bits per heavy atom. The van der Waals surface area contributed by atoms with E-state index in [0.717, 1.165) is 22.5 Å². The maximum Gasteiger partial charge on any atom is 0.158 e. The second kappa shape index (κ2) is 5.44. The molecule has 3 rings (SSSR count). The third kappa shape index (κ3) is 2.69. The minimum absolute atomic E-state index is 0.386. The summed E-state index contributed by atoms with van der Waals surface area (Å²) in [4.78, 5) is 11.5. The van der Waals surface area contributed by atoms with Crippen molar-refractivity contribution in [2.24, 2.45) is 0 Å². The van der Waals surface area contributed by atoms with Crippen molar-refractivity contribution in [3.63, 3.8) is 0 Å². The fourth-order valence-corrected chi connectivity index (χ4v) is 4.73. The molecule has 2 atom stereocenters. The number of aryl methyl sites for hydroxylation is 3. The summed E-state index contributed by atoms with van der Waals surface area (Å²) < 4.78 is 24.4. The SMILES string of the molecule is Cc1cc2nc(C)c(N3CC(C)S(=O)(=O)C(C)C3)nc2cc1C. The van der Waals surface area contributed by atoms with E-state index in [1.807, 2.05) is 13.0 Å². The van der Waals surface area contributed by atoms with E-state index in [0.29, 0.717) is 13.1 Å². The Bertz CT molecular complexity index is 859. The molecule has 5 nitrogen and oxygen atoms in total. The molecule has 0 N–H and O–H groups in total. The zero-order valence-electron chi connectivity index (χ0n) is 14.3. The number of fused-ring (bicyclic) bond motifs is 1. The number of rotatable bonds is 1. The molecule has 2 unspecified atom stereocenters. The van der Waals surface area contributed by atoms with Crippen LogP contribution in [-0.4, -0.2) is 42.0 Å². The van der Waals surface area contributed by atoms with Crippen LogP contribution in [0.4, 0.5) is 5.82 Å². The van der Waals surface area contributed by atoms with Gasteiger partial charge in [0.2, 0.25) is 0 Å². The topological polar surface area (TPSA) is 63.2 Å². The summed E-state index contributed by atoms with van der Waals surface area (Å²) in [6, 6.07) is 4.11. The third-order valence-electron chi connectivity index (χ3n) is 4.81. The van der Waals surface area contributed by atoms with Crippen molar-refractivity contribution in [3.05, 3.63) is 29.0 Å². The van der Waals surface area contributed by atoms with E-state index in [4.69, 9.17) is 4.98 Å². The van der Waals surface area contributed by atoms with Gasteiger partial charge in [0.1, 0.15) is 0 Å². The number of hydrogen-bond donors (Lipinski definition) is 0. The van der Waals surface area contributed by atoms with Crippen LogP contribution < -0.4 is 4.90 Å². The predicted octanol–water partition coefficient (Wildman–Crippen LogP) is 2.57. The van der Waals surface area contributed by atoms with Crippen molar-refractivity contribution in [2.75, 3.05) is 18.0 Å². The van der Waals surface area contributed by atoms with Crippen LogP contribution in [-0.2, 0) is 9.84 Å². The zero-order valence-corrected chi connectivity index (χ0v) is 15.1. The summed E-state index contributed by atoms with van der Waals surface area (Å²) >= 11 is 0. The van der Waals surface area contributed by atoms with Gasteiger partial charge >= 0.3 is 0 Å². The lowest BCUT2D eigenvalue weighted by molar-refractivity contribution is 0.548. The molecule has 1 saturated heterocycles. The monoisotopic (exact) mass is 333 g/mol. The van der Waals surface area contributed by atoms with E-state index in [2.05, 4.69) is 29.8 Å². The van der Waals surface area contributed by atoms with Gasteiger partial charge in [-0.05, 0) is 57.9 Å². The molecule has 0 spiro atoms. The lowest BCUT2D eigenvalue weighted by Gasteiger charge is -2.36. The van der Waals surface area contributed by atoms with Gasteiger partial charge in [-0.3, -0.25) is 0 Å². The molecule has 0 saturated carbocycles. The van der Waals surface area contributed by atoms with E-state index >= 15 is 0 Å². The van der Waals surface area contributed by atoms with Crippen LogP contribution in [0.5, 0.6) is 0 Å². The van der Waals surface area contributed by atoms with Crippen molar-refractivity contribution in [1.82, 2.24) is 9.97 Å². The van der Waals surface area contributed by atoms with Crippen LogP contribution in [0.2, 0.25) is 0 Å². The van der Waals surface area contributed by atoms with Gasteiger partial charge in [-0.15, -0.1) is 0 Å². The van der Waals surface area contributed by atoms with E-state index < -0.39 is 9.84 Å². The standard InChI is InChI=1S/C17H23N3O2S/c1-10-6-15-16(7-11(10)2)19-17(14(5)18-15)20-8-12(3)23(21,22)13(4)9-20/h6-7,12-13H,8-9H2,1-5H3. The number of aromatic nitrogens is 2. The van der Waals surface area contributed by atoms with E-state index in [1.165, 1.54) is 11.1 Å². The van der Waals surface area contributed by atoms with Crippen LogP contribution in [0.3, 0.4) is 0 Å². The Morgan fingerprint density at radius 2 is 1.43 bits per heavy atom. The largest absolute Gasteiger partial charge is 0.353 e. The average molecular weight is 333 g/mol. The first-order valence-electron chi connectivity index (χ1n) is 7.93. The van der Waals surface area contributed by atoms with Gasteiger partial charge < -0.3 is 4.90 Å². The molecule has 124 valence electrons. The maximum atomic E-state index is 12.2. The molecule has 1 aromatic carbocycles. The minimum atomic E-state index is -3.04. The molecule has 23 heavy (non-hydrogen) atoms. The second-order valence-corrected chi connectivity index (χ2v) is 9.46. The van der Waals surface area contributed by atoms with Crippen LogP contribution in [0.1, 0.15) is 30.7 Å². The number of anilines is 1. The fraction of sp³-hybridized carbons (Fsp3) is 0.529. The molecule has 6 heteroatoms. The smallest absolute Gasteiger partial charge is 0.158 e. The minimum Gasteiger partial charge on any atom is -0.353 e.